The fourth-order valence-corrected chi connectivity index (χ4v) is 1.60. The van der Waals surface area contributed by atoms with Crippen LogP contribution < -0.4 is 0 Å². The van der Waals surface area contributed by atoms with Gasteiger partial charge in [-0.15, -0.1) is 0 Å². The smallest absolute Gasteiger partial charge is 0.00884 e. The van der Waals surface area contributed by atoms with Gasteiger partial charge in [-0.25, -0.2) is 0 Å². The Bertz CT molecular complexity index is 392. The zero-order valence-electron chi connectivity index (χ0n) is 8.40. The number of allylic oxidation sites excluding steroid dienone is 6. The van der Waals surface area contributed by atoms with Crippen LogP contribution in [-0.4, -0.2) is 0 Å². The summed E-state index contributed by atoms with van der Waals surface area (Å²) in [6, 6.07) is 8.65. The quantitative estimate of drug-likeness (QED) is 0.655. The van der Waals surface area contributed by atoms with Gasteiger partial charge in [-0.05, 0) is 24.5 Å². The van der Waals surface area contributed by atoms with Crippen molar-refractivity contribution >= 4 is 0 Å². The SMILES string of the molecule is Cc1cccc(CC=C2C=CC=C2)c1. The molecule has 1 aromatic rings. The van der Waals surface area contributed by atoms with Gasteiger partial charge in [0.2, 0.25) is 0 Å². The summed E-state index contributed by atoms with van der Waals surface area (Å²) in [5, 5.41) is 0. The molecule has 0 saturated carbocycles. The lowest BCUT2D eigenvalue weighted by atomic mass is 10.1. The van der Waals surface area contributed by atoms with Crippen molar-refractivity contribution in [3.63, 3.8) is 0 Å². The average molecular weight is 182 g/mol. The van der Waals surface area contributed by atoms with E-state index in [9.17, 15) is 0 Å². The molecule has 0 radical (unpaired) electrons. The summed E-state index contributed by atoms with van der Waals surface area (Å²) in [6.45, 7) is 2.13. The molecule has 14 heavy (non-hydrogen) atoms. The first-order valence-corrected chi connectivity index (χ1v) is 4.95. The van der Waals surface area contributed by atoms with Crippen molar-refractivity contribution < 1.29 is 0 Å². The zero-order valence-corrected chi connectivity index (χ0v) is 8.40. The highest BCUT2D eigenvalue weighted by molar-refractivity contribution is 5.40. The molecule has 0 spiro atoms. The molecular weight excluding hydrogens is 168 g/mol. The highest BCUT2D eigenvalue weighted by Gasteiger charge is 1.93. The highest BCUT2D eigenvalue weighted by Crippen LogP contribution is 2.10. The third-order valence-corrected chi connectivity index (χ3v) is 2.34. The number of rotatable bonds is 2. The van der Waals surface area contributed by atoms with Gasteiger partial charge in [0.05, 0.1) is 0 Å². The number of aryl methyl sites for hydroxylation is 1. The molecule has 0 fully saturated rings. The maximum atomic E-state index is 2.26. The van der Waals surface area contributed by atoms with E-state index in [0.717, 1.165) is 6.42 Å². The van der Waals surface area contributed by atoms with Crippen LogP contribution >= 0.6 is 0 Å². The van der Waals surface area contributed by atoms with Crippen LogP contribution in [0.2, 0.25) is 0 Å². The first-order chi connectivity index (χ1) is 6.84. The van der Waals surface area contributed by atoms with Crippen molar-refractivity contribution in [2.24, 2.45) is 0 Å². The Kier molecular flexibility index (Phi) is 2.64. The molecule has 1 aliphatic rings. The van der Waals surface area contributed by atoms with Gasteiger partial charge >= 0.3 is 0 Å². The van der Waals surface area contributed by atoms with E-state index in [-0.39, 0.29) is 0 Å². The van der Waals surface area contributed by atoms with Gasteiger partial charge in [-0.2, -0.15) is 0 Å². The van der Waals surface area contributed by atoms with Gasteiger partial charge in [0.25, 0.3) is 0 Å². The maximum Gasteiger partial charge on any atom is -0.00884 e. The van der Waals surface area contributed by atoms with E-state index in [2.05, 4.69) is 61.6 Å². The largest absolute Gasteiger partial charge is 0.0729 e. The molecular formula is C14H14. The summed E-state index contributed by atoms with van der Waals surface area (Å²) in [5.41, 5.74) is 4.02. The summed E-state index contributed by atoms with van der Waals surface area (Å²) >= 11 is 0. The van der Waals surface area contributed by atoms with E-state index < -0.39 is 0 Å². The molecule has 0 aromatic heterocycles. The van der Waals surface area contributed by atoms with E-state index in [1.165, 1.54) is 16.7 Å². The number of benzene rings is 1. The van der Waals surface area contributed by atoms with Crippen molar-refractivity contribution in [2.75, 3.05) is 0 Å². The van der Waals surface area contributed by atoms with Crippen LogP contribution in [-0.2, 0) is 6.42 Å². The molecule has 70 valence electrons. The van der Waals surface area contributed by atoms with Crippen LogP contribution in [0.1, 0.15) is 11.1 Å². The van der Waals surface area contributed by atoms with Gasteiger partial charge in [-0.3, -0.25) is 0 Å². The average Bonchev–Trinajstić information content (AvgIpc) is 2.67. The fraction of sp³-hybridized carbons (Fsp3) is 0.143. The van der Waals surface area contributed by atoms with Crippen LogP contribution in [0, 0.1) is 6.92 Å². The van der Waals surface area contributed by atoms with E-state index in [4.69, 9.17) is 0 Å². The van der Waals surface area contributed by atoms with E-state index in [1.54, 1.807) is 0 Å². The Labute approximate surface area is 85.3 Å². The zero-order chi connectivity index (χ0) is 9.80. The van der Waals surface area contributed by atoms with Gasteiger partial charge in [-0.1, -0.05) is 60.2 Å². The van der Waals surface area contributed by atoms with Crippen LogP contribution in [0.3, 0.4) is 0 Å². The number of hydrogen-bond donors (Lipinski definition) is 0. The summed E-state index contributed by atoms with van der Waals surface area (Å²) in [5.74, 6) is 0. The molecule has 0 amide bonds. The molecule has 0 N–H and O–H groups in total. The summed E-state index contributed by atoms with van der Waals surface area (Å²) in [4.78, 5) is 0. The molecule has 0 heterocycles. The first kappa shape index (κ1) is 9.01. The molecule has 2 rings (SSSR count). The second-order valence-electron chi connectivity index (χ2n) is 3.62. The second kappa shape index (κ2) is 4.10. The minimum Gasteiger partial charge on any atom is -0.0729 e. The fourth-order valence-electron chi connectivity index (χ4n) is 1.60. The van der Waals surface area contributed by atoms with Gasteiger partial charge in [0, 0.05) is 0 Å². The third kappa shape index (κ3) is 2.23. The van der Waals surface area contributed by atoms with Crippen LogP contribution in [0.4, 0.5) is 0 Å². The summed E-state index contributed by atoms with van der Waals surface area (Å²) in [6.07, 6.45) is 11.7. The lowest BCUT2D eigenvalue weighted by molar-refractivity contribution is 1.24. The predicted octanol–water partition coefficient (Wildman–Crippen LogP) is 3.59. The van der Waals surface area contributed by atoms with Crippen molar-refractivity contribution in [1.29, 1.82) is 0 Å². The van der Waals surface area contributed by atoms with Crippen molar-refractivity contribution in [2.45, 2.75) is 13.3 Å². The summed E-state index contributed by atoms with van der Waals surface area (Å²) < 4.78 is 0. The topological polar surface area (TPSA) is 0 Å². The van der Waals surface area contributed by atoms with Gasteiger partial charge in [0.15, 0.2) is 0 Å². The molecule has 0 nitrogen and oxygen atoms in total. The molecule has 0 heteroatoms. The Morgan fingerprint density at radius 1 is 1.14 bits per heavy atom. The van der Waals surface area contributed by atoms with Gasteiger partial charge < -0.3 is 0 Å². The highest BCUT2D eigenvalue weighted by atomic mass is 14.0. The van der Waals surface area contributed by atoms with Crippen LogP contribution in [0.5, 0.6) is 0 Å². The minimum absolute atomic E-state index is 1.02. The predicted molar refractivity (Wildman–Crippen MR) is 61.2 cm³/mol. The Balaban J connectivity index is 2.08. The summed E-state index contributed by atoms with van der Waals surface area (Å²) in [7, 11) is 0. The van der Waals surface area contributed by atoms with E-state index >= 15 is 0 Å². The van der Waals surface area contributed by atoms with E-state index in [0.29, 0.717) is 0 Å². The number of hydrogen-bond acceptors (Lipinski definition) is 0. The lowest BCUT2D eigenvalue weighted by Gasteiger charge is -1.98. The van der Waals surface area contributed by atoms with Crippen LogP contribution in [0.15, 0.2) is 60.2 Å². The Morgan fingerprint density at radius 3 is 2.64 bits per heavy atom. The van der Waals surface area contributed by atoms with Crippen molar-refractivity contribution in [3.8, 4) is 0 Å². The Morgan fingerprint density at radius 2 is 1.93 bits per heavy atom. The first-order valence-electron chi connectivity index (χ1n) is 4.95. The minimum atomic E-state index is 1.02. The van der Waals surface area contributed by atoms with E-state index in [1.807, 2.05) is 0 Å². The Hall–Kier alpha value is -1.56. The standard InChI is InChI=1S/C14H14/c1-12-5-4-8-14(11-12)10-9-13-6-2-3-7-13/h2-9,11H,10H2,1H3. The molecule has 0 saturated heterocycles. The lowest BCUT2D eigenvalue weighted by Crippen LogP contribution is -1.82. The van der Waals surface area contributed by atoms with Crippen molar-refractivity contribution in [3.05, 3.63) is 71.3 Å². The molecule has 1 aromatic carbocycles. The second-order valence-corrected chi connectivity index (χ2v) is 3.62. The molecule has 0 atom stereocenters. The molecule has 0 bridgehead atoms. The molecule has 0 unspecified atom stereocenters. The van der Waals surface area contributed by atoms with Crippen molar-refractivity contribution in [1.82, 2.24) is 0 Å². The monoisotopic (exact) mass is 182 g/mol. The normalized spacial score (nSPS) is 13.6. The molecule has 1 aliphatic carbocycles. The molecule has 0 aliphatic heterocycles. The van der Waals surface area contributed by atoms with Gasteiger partial charge in [0.1, 0.15) is 0 Å². The van der Waals surface area contributed by atoms with Crippen LogP contribution in [0.25, 0.3) is 0 Å². The third-order valence-electron chi connectivity index (χ3n) is 2.34. The maximum absolute atomic E-state index is 2.26.